The highest BCUT2D eigenvalue weighted by molar-refractivity contribution is 7.96. The molecule has 156 valence electrons. The van der Waals surface area contributed by atoms with Gasteiger partial charge in [-0.1, -0.05) is 55.1 Å². The number of thiocarbonyl (C=S) groups is 1. The highest BCUT2D eigenvalue weighted by atomic mass is 32.1. The molecule has 0 radical (unpaired) electrons. The number of carbonyl (C=O) groups is 2. The Balaban J connectivity index is 0.000000960. The molecule has 0 unspecified atom stereocenters. The summed E-state index contributed by atoms with van der Waals surface area (Å²) in [6.07, 6.45) is 0. The standard InChI is InChI=1S/C20H23NO3S.CH3NOS/c1-20(2,3)24-18(22)17-8-6-5-7-16(17)15-11-9-14(10-12-15)13-21-19(25)23-4;2-1(3)4/h5-12H,13H2,1-4H3,(H,21,25);(H3,2,3,4). The zero-order valence-corrected chi connectivity index (χ0v) is 18.6. The molecule has 0 heterocycles. The predicted molar refractivity (Wildman–Crippen MR) is 122 cm³/mol. The smallest absolute Gasteiger partial charge is 0.339 e. The molecular weight excluding hydrogens is 408 g/mol. The van der Waals surface area contributed by atoms with Crippen molar-refractivity contribution in [3.05, 3.63) is 59.7 Å². The van der Waals surface area contributed by atoms with E-state index in [2.05, 4.69) is 23.7 Å². The molecule has 0 saturated carbocycles. The van der Waals surface area contributed by atoms with Crippen molar-refractivity contribution in [2.24, 2.45) is 5.73 Å². The molecule has 0 aliphatic heterocycles. The zero-order valence-electron chi connectivity index (χ0n) is 16.9. The summed E-state index contributed by atoms with van der Waals surface area (Å²) in [6.45, 7) is 6.17. The molecule has 0 bridgehead atoms. The largest absolute Gasteiger partial charge is 0.474 e. The molecule has 8 heteroatoms. The van der Waals surface area contributed by atoms with E-state index in [9.17, 15) is 4.79 Å². The van der Waals surface area contributed by atoms with Gasteiger partial charge < -0.3 is 20.5 Å². The fourth-order valence-electron chi connectivity index (χ4n) is 2.29. The number of ether oxygens (including phenoxy) is 2. The van der Waals surface area contributed by atoms with Crippen molar-refractivity contribution in [2.45, 2.75) is 32.9 Å². The lowest BCUT2D eigenvalue weighted by Gasteiger charge is -2.20. The Hall–Kier alpha value is -2.58. The number of nitrogens with two attached hydrogens (primary N) is 1. The monoisotopic (exact) mass is 434 g/mol. The predicted octanol–water partition coefficient (Wildman–Crippen LogP) is 4.32. The molecule has 2 aromatic rings. The second-order valence-corrected chi connectivity index (χ2v) is 7.74. The van der Waals surface area contributed by atoms with Gasteiger partial charge in [-0.2, -0.15) is 0 Å². The van der Waals surface area contributed by atoms with E-state index in [1.165, 1.54) is 7.11 Å². The fraction of sp³-hybridized carbons (Fsp3) is 0.286. The minimum Gasteiger partial charge on any atom is -0.474 e. The average Bonchev–Trinajstić information content (AvgIpc) is 2.64. The second kappa shape index (κ2) is 11.4. The van der Waals surface area contributed by atoms with Gasteiger partial charge in [0, 0.05) is 6.54 Å². The van der Waals surface area contributed by atoms with Gasteiger partial charge >= 0.3 is 5.97 Å². The van der Waals surface area contributed by atoms with E-state index in [4.69, 9.17) is 26.5 Å². The van der Waals surface area contributed by atoms with Crippen LogP contribution in [0, 0.1) is 0 Å². The Labute approximate surface area is 182 Å². The number of thiol groups is 1. The Kier molecular flexibility index (Phi) is 9.64. The molecule has 3 N–H and O–H groups in total. The molecule has 6 nitrogen and oxygen atoms in total. The van der Waals surface area contributed by atoms with Crippen LogP contribution in [0.3, 0.4) is 0 Å². The molecule has 0 aromatic heterocycles. The van der Waals surface area contributed by atoms with Crippen LogP contribution in [0.1, 0.15) is 36.7 Å². The number of esters is 1. The van der Waals surface area contributed by atoms with Gasteiger partial charge in [-0.3, -0.25) is 4.79 Å². The highest BCUT2D eigenvalue weighted by Crippen LogP contribution is 2.26. The van der Waals surface area contributed by atoms with E-state index in [0.717, 1.165) is 16.7 Å². The summed E-state index contributed by atoms with van der Waals surface area (Å²) in [6, 6.07) is 15.4. The van der Waals surface area contributed by atoms with Crippen LogP contribution < -0.4 is 11.1 Å². The molecule has 0 spiro atoms. The van der Waals surface area contributed by atoms with Crippen molar-refractivity contribution < 1.29 is 19.1 Å². The molecule has 0 aliphatic carbocycles. The Morgan fingerprint density at radius 2 is 1.66 bits per heavy atom. The van der Waals surface area contributed by atoms with Gasteiger partial charge in [-0.05, 0) is 55.7 Å². The van der Waals surface area contributed by atoms with Crippen molar-refractivity contribution in [3.8, 4) is 11.1 Å². The van der Waals surface area contributed by atoms with Crippen LogP contribution >= 0.6 is 24.8 Å². The molecule has 0 saturated heterocycles. The van der Waals surface area contributed by atoms with Crippen LogP contribution in [0.2, 0.25) is 0 Å². The van der Waals surface area contributed by atoms with Crippen LogP contribution in [-0.4, -0.2) is 29.1 Å². The maximum atomic E-state index is 12.5. The Morgan fingerprint density at radius 3 is 2.17 bits per heavy atom. The minimum atomic E-state index is -0.639. The first-order valence-electron chi connectivity index (χ1n) is 8.75. The SMILES string of the molecule is COC(=S)NCc1ccc(-c2ccccc2C(=O)OC(C)(C)C)cc1.NC(=O)S. The van der Waals surface area contributed by atoms with E-state index < -0.39 is 10.8 Å². The van der Waals surface area contributed by atoms with E-state index in [1.54, 1.807) is 6.07 Å². The Morgan fingerprint density at radius 1 is 1.10 bits per heavy atom. The number of hydrogen-bond donors (Lipinski definition) is 3. The van der Waals surface area contributed by atoms with Crippen LogP contribution in [0.15, 0.2) is 48.5 Å². The molecule has 1 amide bonds. The third-order valence-electron chi connectivity index (χ3n) is 3.43. The van der Waals surface area contributed by atoms with Crippen LogP contribution in [0.4, 0.5) is 4.79 Å². The van der Waals surface area contributed by atoms with Gasteiger partial charge in [-0.15, -0.1) is 0 Å². The van der Waals surface area contributed by atoms with Crippen molar-refractivity contribution in [1.29, 1.82) is 0 Å². The highest BCUT2D eigenvalue weighted by Gasteiger charge is 2.20. The van der Waals surface area contributed by atoms with E-state index in [0.29, 0.717) is 17.3 Å². The quantitative estimate of drug-likeness (QED) is 0.377. The molecule has 0 aliphatic rings. The number of methoxy groups -OCH3 is 1. The third kappa shape index (κ3) is 9.45. The van der Waals surface area contributed by atoms with Crippen LogP contribution in [0.5, 0.6) is 0 Å². The lowest BCUT2D eigenvalue weighted by Crippen LogP contribution is -2.24. The first-order valence-corrected chi connectivity index (χ1v) is 9.61. The molecular formula is C21H26N2O4S2. The topological polar surface area (TPSA) is 90.7 Å². The van der Waals surface area contributed by atoms with E-state index >= 15 is 0 Å². The lowest BCUT2D eigenvalue weighted by molar-refractivity contribution is 0.00704. The fourth-order valence-corrected chi connectivity index (χ4v) is 2.37. The van der Waals surface area contributed by atoms with Crippen molar-refractivity contribution in [1.82, 2.24) is 5.32 Å². The summed E-state index contributed by atoms with van der Waals surface area (Å²) in [5, 5.41) is 2.72. The van der Waals surface area contributed by atoms with Gasteiger partial charge in [0.2, 0.25) is 0 Å². The lowest BCUT2D eigenvalue weighted by atomic mass is 9.98. The average molecular weight is 435 g/mol. The number of hydrogen-bond acceptors (Lipinski definition) is 5. The number of benzene rings is 2. The maximum Gasteiger partial charge on any atom is 0.339 e. The molecule has 2 rings (SSSR count). The van der Waals surface area contributed by atoms with Gasteiger partial charge in [-0.25, -0.2) is 4.79 Å². The summed E-state index contributed by atoms with van der Waals surface area (Å²) in [7, 11) is 1.53. The van der Waals surface area contributed by atoms with Crippen molar-refractivity contribution in [2.75, 3.05) is 7.11 Å². The number of primary amides is 1. The molecule has 29 heavy (non-hydrogen) atoms. The second-order valence-electron chi connectivity index (χ2n) is 6.93. The molecule has 2 aromatic carbocycles. The summed E-state index contributed by atoms with van der Waals surface area (Å²) in [5.74, 6) is -0.320. The molecule has 0 atom stereocenters. The number of nitrogens with one attached hydrogen (secondary N) is 1. The van der Waals surface area contributed by atoms with Crippen LogP contribution in [0.25, 0.3) is 11.1 Å². The summed E-state index contributed by atoms with van der Waals surface area (Å²) >= 11 is 8.07. The van der Waals surface area contributed by atoms with Crippen molar-refractivity contribution >= 4 is 41.2 Å². The minimum absolute atomic E-state index is 0.320. The van der Waals surface area contributed by atoms with Gasteiger partial charge in [0.15, 0.2) is 0 Å². The number of rotatable bonds is 4. The van der Waals surface area contributed by atoms with Crippen molar-refractivity contribution in [3.63, 3.8) is 0 Å². The van der Waals surface area contributed by atoms with E-state index in [1.807, 2.05) is 63.2 Å². The van der Waals surface area contributed by atoms with Crippen LogP contribution in [-0.2, 0) is 16.0 Å². The first-order chi connectivity index (χ1) is 13.5. The normalized spacial score (nSPS) is 10.2. The molecule has 0 fully saturated rings. The zero-order chi connectivity index (χ0) is 22.0. The first kappa shape index (κ1) is 24.5. The third-order valence-corrected chi connectivity index (χ3v) is 3.74. The summed E-state index contributed by atoms with van der Waals surface area (Å²) < 4.78 is 10.4. The summed E-state index contributed by atoms with van der Waals surface area (Å²) in [5.41, 5.74) is 7.24. The number of carbonyl (C=O) groups excluding carboxylic acids is 2. The Bertz CT molecular complexity index is 843. The van der Waals surface area contributed by atoms with Gasteiger partial charge in [0.05, 0.1) is 12.7 Å². The number of amides is 1. The van der Waals surface area contributed by atoms with E-state index in [-0.39, 0.29) is 5.97 Å². The van der Waals surface area contributed by atoms with Gasteiger partial charge in [0.25, 0.3) is 10.4 Å². The van der Waals surface area contributed by atoms with Gasteiger partial charge in [0.1, 0.15) is 5.60 Å². The maximum absolute atomic E-state index is 12.5. The summed E-state index contributed by atoms with van der Waals surface area (Å²) in [4.78, 5) is 21.6.